The zero-order valence-electron chi connectivity index (χ0n) is 5.20. The quantitative estimate of drug-likeness (QED) is 0.434. The van der Waals surface area contributed by atoms with Gasteiger partial charge in [-0.1, -0.05) is 0 Å². The van der Waals surface area contributed by atoms with Gasteiger partial charge in [0.15, 0.2) is 0 Å². The van der Waals surface area contributed by atoms with Crippen molar-refractivity contribution in [3.8, 4) is 0 Å². The summed E-state index contributed by atoms with van der Waals surface area (Å²) in [7, 11) is 0. The van der Waals surface area contributed by atoms with Crippen LogP contribution in [0.2, 0.25) is 0 Å². The second-order valence-electron chi connectivity index (χ2n) is 2.58. The summed E-state index contributed by atoms with van der Waals surface area (Å²) in [5, 5.41) is 26.6. The fourth-order valence-corrected chi connectivity index (χ4v) is 1.24. The predicted octanol–water partition coefficient (Wildman–Crippen LogP) is -0.890. The summed E-state index contributed by atoms with van der Waals surface area (Å²) in [5.74, 6) is -0.0972. The summed E-state index contributed by atoms with van der Waals surface area (Å²) >= 11 is 0. The Bertz CT molecular complexity index is 94.3. The van der Waals surface area contributed by atoms with Crippen LogP contribution in [0.4, 0.5) is 0 Å². The molecule has 3 atom stereocenters. The number of aliphatic hydroxyl groups is 3. The van der Waals surface area contributed by atoms with Crippen LogP contribution in [0.5, 0.6) is 0 Å². The first-order chi connectivity index (χ1) is 4.25. The Morgan fingerprint density at radius 1 is 1.22 bits per heavy atom. The van der Waals surface area contributed by atoms with Gasteiger partial charge in [-0.05, 0) is 12.8 Å². The van der Waals surface area contributed by atoms with Gasteiger partial charge in [0.25, 0.3) is 0 Å². The van der Waals surface area contributed by atoms with Gasteiger partial charge >= 0.3 is 0 Å². The molecule has 0 spiro atoms. The molecule has 54 valence electrons. The van der Waals surface area contributed by atoms with Crippen molar-refractivity contribution in [2.75, 3.05) is 6.61 Å². The highest BCUT2D eigenvalue weighted by atomic mass is 16.3. The average Bonchev–Trinajstić information content (AvgIpc) is 2.15. The Labute approximate surface area is 53.9 Å². The summed E-state index contributed by atoms with van der Waals surface area (Å²) < 4.78 is 0. The Kier molecular flexibility index (Phi) is 2.05. The highest BCUT2D eigenvalue weighted by Gasteiger charge is 2.32. The molecule has 0 heterocycles. The zero-order valence-corrected chi connectivity index (χ0v) is 5.20. The molecule has 0 radical (unpaired) electrons. The van der Waals surface area contributed by atoms with Gasteiger partial charge in [0.05, 0.1) is 12.2 Å². The lowest BCUT2D eigenvalue weighted by Gasteiger charge is -2.12. The number of rotatable bonds is 1. The van der Waals surface area contributed by atoms with Crippen LogP contribution in [0.15, 0.2) is 0 Å². The van der Waals surface area contributed by atoms with Crippen LogP contribution in [-0.4, -0.2) is 34.1 Å². The molecule has 0 amide bonds. The zero-order chi connectivity index (χ0) is 6.85. The summed E-state index contributed by atoms with van der Waals surface area (Å²) in [5.41, 5.74) is 0. The molecule has 3 heteroatoms. The molecule has 0 unspecified atom stereocenters. The number of hydrogen-bond donors (Lipinski definition) is 3. The third-order valence-electron chi connectivity index (χ3n) is 1.94. The van der Waals surface area contributed by atoms with Crippen LogP contribution in [0, 0.1) is 5.92 Å². The van der Waals surface area contributed by atoms with Crippen LogP contribution in [0.3, 0.4) is 0 Å². The maximum Gasteiger partial charge on any atom is 0.0849 e. The highest BCUT2D eigenvalue weighted by Crippen LogP contribution is 2.24. The fourth-order valence-electron chi connectivity index (χ4n) is 1.24. The standard InChI is InChI=1S/C6H12O3/c7-3-4-1-2-5(8)6(4)9/h4-9H,1-3H2/t4-,5-,6-/m0/s1. The molecule has 0 saturated heterocycles. The second-order valence-corrected chi connectivity index (χ2v) is 2.58. The third kappa shape index (κ3) is 1.23. The maximum absolute atomic E-state index is 9.05. The number of hydrogen-bond acceptors (Lipinski definition) is 3. The molecule has 0 aromatic carbocycles. The van der Waals surface area contributed by atoms with E-state index in [0.29, 0.717) is 6.42 Å². The van der Waals surface area contributed by atoms with Crippen LogP contribution >= 0.6 is 0 Å². The Morgan fingerprint density at radius 3 is 2.11 bits per heavy atom. The molecule has 1 rings (SSSR count). The monoisotopic (exact) mass is 132 g/mol. The van der Waals surface area contributed by atoms with E-state index in [0.717, 1.165) is 6.42 Å². The lowest BCUT2D eigenvalue weighted by molar-refractivity contribution is 0.00682. The van der Waals surface area contributed by atoms with Crippen molar-refractivity contribution in [1.82, 2.24) is 0 Å². The summed E-state index contributed by atoms with van der Waals surface area (Å²) in [4.78, 5) is 0. The van der Waals surface area contributed by atoms with Crippen molar-refractivity contribution in [2.24, 2.45) is 5.92 Å². The van der Waals surface area contributed by atoms with Crippen molar-refractivity contribution >= 4 is 0 Å². The molecule has 1 saturated carbocycles. The molecule has 1 fully saturated rings. The van der Waals surface area contributed by atoms with Crippen LogP contribution < -0.4 is 0 Å². The first kappa shape index (κ1) is 6.99. The predicted molar refractivity (Wildman–Crippen MR) is 31.8 cm³/mol. The van der Waals surface area contributed by atoms with E-state index in [1.165, 1.54) is 0 Å². The largest absolute Gasteiger partial charge is 0.396 e. The third-order valence-corrected chi connectivity index (χ3v) is 1.94. The molecular formula is C6H12O3. The normalized spacial score (nSPS) is 43.7. The minimum Gasteiger partial charge on any atom is -0.396 e. The van der Waals surface area contributed by atoms with Gasteiger partial charge in [0, 0.05) is 12.5 Å². The van der Waals surface area contributed by atoms with Gasteiger partial charge in [-0.3, -0.25) is 0 Å². The van der Waals surface area contributed by atoms with E-state index in [4.69, 9.17) is 15.3 Å². The van der Waals surface area contributed by atoms with Crippen molar-refractivity contribution in [3.63, 3.8) is 0 Å². The Hall–Kier alpha value is -0.120. The topological polar surface area (TPSA) is 60.7 Å². The fraction of sp³-hybridized carbons (Fsp3) is 1.00. The summed E-state index contributed by atoms with van der Waals surface area (Å²) in [6.07, 6.45) is 0.0442. The molecule has 1 aliphatic rings. The first-order valence-electron chi connectivity index (χ1n) is 3.22. The first-order valence-corrected chi connectivity index (χ1v) is 3.22. The highest BCUT2D eigenvalue weighted by molar-refractivity contribution is 4.83. The van der Waals surface area contributed by atoms with Crippen molar-refractivity contribution in [2.45, 2.75) is 25.0 Å². The van der Waals surface area contributed by atoms with Gasteiger partial charge in [-0.2, -0.15) is 0 Å². The van der Waals surface area contributed by atoms with E-state index in [-0.39, 0.29) is 12.5 Å². The van der Waals surface area contributed by atoms with E-state index < -0.39 is 12.2 Å². The molecule has 0 aromatic heterocycles. The van der Waals surface area contributed by atoms with Crippen LogP contribution in [0.1, 0.15) is 12.8 Å². The van der Waals surface area contributed by atoms with Crippen LogP contribution in [-0.2, 0) is 0 Å². The molecule has 0 aliphatic heterocycles. The lowest BCUT2D eigenvalue weighted by atomic mass is 10.1. The van der Waals surface area contributed by atoms with Gasteiger partial charge < -0.3 is 15.3 Å². The molecular weight excluding hydrogens is 120 g/mol. The molecule has 0 aromatic rings. The van der Waals surface area contributed by atoms with Crippen LogP contribution in [0.25, 0.3) is 0 Å². The van der Waals surface area contributed by atoms with Crippen molar-refractivity contribution in [1.29, 1.82) is 0 Å². The van der Waals surface area contributed by atoms with E-state index in [2.05, 4.69) is 0 Å². The molecule has 3 N–H and O–H groups in total. The smallest absolute Gasteiger partial charge is 0.0849 e. The molecule has 3 nitrogen and oxygen atoms in total. The minimum atomic E-state index is -0.699. The van der Waals surface area contributed by atoms with E-state index in [1.807, 2.05) is 0 Å². The SMILES string of the molecule is OC[C@@H]1CC[C@H](O)[C@H]1O. The number of aliphatic hydroxyl groups excluding tert-OH is 3. The second kappa shape index (κ2) is 2.64. The molecule has 1 aliphatic carbocycles. The van der Waals surface area contributed by atoms with Gasteiger partial charge in [-0.15, -0.1) is 0 Å². The lowest BCUT2D eigenvalue weighted by Crippen LogP contribution is -2.26. The Morgan fingerprint density at radius 2 is 1.89 bits per heavy atom. The average molecular weight is 132 g/mol. The molecule has 9 heavy (non-hydrogen) atoms. The maximum atomic E-state index is 9.05. The van der Waals surface area contributed by atoms with Gasteiger partial charge in [0.1, 0.15) is 0 Å². The van der Waals surface area contributed by atoms with Gasteiger partial charge in [0.2, 0.25) is 0 Å². The van der Waals surface area contributed by atoms with E-state index >= 15 is 0 Å². The van der Waals surface area contributed by atoms with E-state index in [1.54, 1.807) is 0 Å². The van der Waals surface area contributed by atoms with Crippen molar-refractivity contribution < 1.29 is 15.3 Å². The van der Waals surface area contributed by atoms with E-state index in [9.17, 15) is 0 Å². The van der Waals surface area contributed by atoms with Crippen molar-refractivity contribution in [3.05, 3.63) is 0 Å². The minimum absolute atomic E-state index is 0.0156. The van der Waals surface area contributed by atoms with Gasteiger partial charge in [-0.25, -0.2) is 0 Å². The summed E-state index contributed by atoms with van der Waals surface area (Å²) in [6.45, 7) is -0.0156. The summed E-state index contributed by atoms with van der Waals surface area (Å²) in [6, 6.07) is 0. The molecule has 0 bridgehead atoms. The Balaban J connectivity index is 2.41.